The molecular weight excluding hydrogens is 359 g/mol. The topological polar surface area (TPSA) is 17.1 Å². The molecule has 0 bridgehead atoms. The summed E-state index contributed by atoms with van der Waals surface area (Å²) in [4.78, 5) is 12.7. The Balaban J connectivity index is 2.17. The first-order valence-electron chi connectivity index (χ1n) is 6.45. The zero-order chi connectivity index (χ0) is 14.1. The molecular formula is C18H13IO. The molecule has 0 atom stereocenters. The maximum Gasteiger partial charge on any atom is 0.193 e. The van der Waals surface area contributed by atoms with E-state index < -0.39 is 0 Å². The third-order valence-corrected chi connectivity index (χ3v) is 4.21. The van der Waals surface area contributed by atoms with Crippen molar-refractivity contribution in [3.63, 3.8) is 0 Å². The molecule has 20 heavy (non-hydrogen) atoms. The molecule has 0 aliphatic rings. The molecule has 3 aromatic rings. The molecule has 0 amide bonds. The third-order valence-electron chi connectivity index (χ3n) is 3.49. The molecule has 0 heterocycles. The van der Waals surface area contributed by atoms with Crippen LogP contribution in [0.3, 0.4) is 0 Å². The lowest BCUT2D eigenvalue weighted by Gasteiger charge is -2.08. The van der Waals surface area contributed by atoms with Crippen molar-refractivity contribution in [2.75, 3.05) is 0 Å². The molecule has 0 aromatic heterocycles. The lowest BCUT2D eigenvalue weighted by Crippen LogP contribution is -2.02. The van der Waals surface area contributed by atoms with E-state index in [1.165, 1.54) is 5.56 Å². The summed E-state index contributed by atoms with van der Waals surface area (Å²) >= 11 is 2.24. The second-order valence-electron chi connectivity index (χ2n) is 4.81. The standard InChI is InChI=1S/C18H13IO/c1-12-6-11-17(16-5-3-2-4-15(12)16)18(20)13-7-9-14(19)10-8-13/h2-11H,1H3. The summed E-state index contributed by atoms with van der Waals surface area (Å²) < 4.78 is 1.13. The van der Waals surface area contributed by atoms with Crippen LogP contribution in [0.4, 0.5) is 0 Å². The summed E-state index contributed by atoms with van der Waals surface area (Å²) in [6, 6.07) is 19.7. The Morgan fingerprint density at radius 2 is 1.50 bits per heavy atom. The van der Waals surface area contributed by atoms with Gasteiger partial charge in [0, 0.05) is 14.7 Å². The summed E-state index contributed by atoms with van der Waals surface area (Å²) in [5.41, 5.74) is 2.70. The fraction of sp³-hybridized carbons (Fsp3) is 0.0556. The number of hydrogen-bond donors (Lipinski definition) is 0. The first-order valence-corrected chi connectivity index (χ1v) is 7.53. The minimum Gasteiger partial charge on any atom is -0.289 e. The molecule has 0 fully saturated rings. The number of carbonyl (C=O) groups excluding carboxylic acids is 1. The Kier molecular flexibility index (Phi) is 3.57. The van der Waals surface area contributed by atoms with Gasteiger partial charge in [0.15, 0.2) is 5.78 Å². The number of hydrogen-bond acceptors (Lipinski definition) is 1. The summed E-state index contributed by atoms with van der Waals surface area (Å²) in [5.74, 6) is 0.0811. The van der Waals surface area contributed by atoms with Crippen LogP contribution in [0.15, 0.2) is 60.7 Å². The van der Waals surface area contributed by atoms with Crippen LogP contribution in [0.2, 0.25) is 0 Å². The van der Waals surface area contributed by atoms with Gasteiger partial charge in [-0.15, -0.1) is 0 Å². The van der Waals surface area contributed by atoms with E-state index in [0.717, 1.165) is 25.5 Å². The summed E-state index contributed by atoms with van der Waals surface area (Å²) in [5, 5.41) is 2.17. The number of aryl methyl sites for hydroxylation is 1. The molecule has 0 saturated heterocycles. The van der Waals surface area contributed by atoms with E-state index in [4.69, 9.17) is 0 Å². The number of rotatable bonds is 2. The zero-order valence-corrected chi connectivity index (χ0v) is 13.2. The van der Waals surface area contributed by atoms with Gasteiger partial charge < -0.3 is 0 Å². The fourth-order valence-electron chi connectivity index (χ4n) is 2.40. The van der Waals surface area contributed by atoms with Crippen molar-refractivity contribution in [3.8, 4) is 0 Å². The van der Waals surface area contributed by atoms with E-state index in [2.05, 4.69) is 35.6 Å². The molecule has 2 heteroatoms. The second kappa shape index (κ2) is 5.37. The van der Waals surface area contributed by atoms with Crippen LogP contribution in [0.1, 0.15) is 21.5 Å². The van der Waals surface area contributed by atoms with Gasteiger partial charge in [-0.3, -0.25) is 4.79 Å². The van der Waals surface area contributed by atoms with Gasteiger partial charge >= 0.3 is 0 Å². The maximum atomic E-state index is 12.7. The number of fused-ring (bicyclic) bond motifs is 1. The Morgan fingerprint density at radius 1 is 0.850 bits per heavy atom. The predicted octanol–water partition coefficient (Wildman–Crippen LogP) is 4.98. The molecule has 0 radical (unpaired) electrons. The molecule has 0 N–H and O–H groups in total. The van der Waals surface area contributed by atoms with E-state index in [-0.39, 0.29) is 5.78 Å². The summed E-state index contributed by atoms with van der Waals surface area (Å²) in [7, 11) is 0. The normalized spacial score (nSPS) is 10.7. The van der Waals surface area contributed by atoms with E-state index >= 15 is 0 Å². The number of benzene rings is 3. The van der Waals surface area contributed by atoms with Crippen LogP contribution in [-0.2, 0) is 0 Å². The quantitative estimate of drug-likeness (QED) is 0.458. The zero-order valence-electron chi connectivity index (χ0n) is 11.1. The second-order valence-corrected chi connectivity index (χ2v) is 6.06. The molecule has 3 aromatic carbocycles. The van der Waals surface area contributed by atoms with Crippen molar-refractivity contribution in [1.29, 1.82) is 0 Å². The van der Waals surface area contributed by atoms with E-state index in [1.54, 1.807) is 0 Å². The van der Waals surface area contributed by atoms with Crippen LogP contribution in [0.5, 0.6) is 0 Å². The van der Waals surface area contributed by atoms with Crippen LogP contribution in [-0.4, -0.2) is 5.78 Å². The van der Waals surface area contributed by atoms with Crippen molar-refractivity contribution in [2.24, 2.45) is 0 Å². The largest absolute Gasteiger partial charge is 0.289 e. The van der Waals surface area contributed by atoms with Crippen molar-refractivity contribution in [2.45, 2.75) is 6.92 Å². The molecule has 1 nitrogen and oxygen atoms in total. The Hall–Kier alpha value is -1.68. The van der Waals surface area contributed by atoms with Gasteiger partial charge in [0.2, 0.25) is 0 Å². The number of ketones is 1. The van der Waals surface area contributed by atoms with Crippen molar-refractivity contribution < 1.29 is 4.79 Å². The van der Waals surface area contributed by atoms with Crippen LogP contribution in [0, 0.1) is 10.5 Å². The monoisotopic (exact) mass is 372 g/mol. The van der Waals surface area contributed by atoms with Gasteiger partial charge in [0.25, 0.3) is 0 Å². The highest BCUT2D eigenvalue weighted by molar-refractivity contribution is 14.1. The smallest absolute Gasteiger partial charge is 0.193 e. The Labute approximate surface area is 131 Å². The van der Waals surface area contributed by atoms with Crippen LogP contribution < -0.4 is 0 Å². The summed E-state index contributed by atoms with van der Waals surface area (Å²) in [6.07, 6.45) is 0. The molecule has 0 unspecified atom stereocenters. The minimum absolute atomic E-state index is 0.0811. The lowest BCUT2D eigenvalue weighted by atomic mass is 9.95. The van der Waals surface area contributed by atoms with E-state index in [0.29, 0.717) is 0 Å². The Morgan fingerprint density at radius 3 is 2.20 bits per heavy atom. The molecule has 3 rings (SSSR count). The number of carbonyl (C=O) groups is 1. The lowest BCUT2D eigenvalue weighted by molar-refractivity contribution is 0.104. The number of halogens is 1. The average Bonchev–Trinajstić information content (AvgIpc) is 2.48. The highest BCUT2D eigenvalue weighted by Crippen LogP contribution is 2.24. The minimum atomic E-state index is 0.0811. The van der Waals surface area contributed by atoms with Crippen molar-refractivity contribution in [1.82, 2.24) is 0 Å². The highest BCUT2D eigenvalue weighted by atomic mass is 127. The van der Waals surface area contributed by atoms with Gasteiger partial charge in [0.1, 0.15) is 0 Å². The first-order chi connectivity index (χ1) is 9.66. The van der Waals surface area contributed by atoms with Crippen LogP contribution in [0.25, 0.3) is 10.8 Å². The van der Waals surface area contributed by atoms with E-state index in [1.807, 2.05) is 54.6 Å². The van der Waals surface area contributed by atoms with Gasteiger partial charge in [-0.25, -0.2) is 0 Å². The molecule has 0 aliphatic carbocycles. The SMILES string of the molecule is Cc1ccc(C(=O)c2ccc(I)cc2)c2ccccc12. The summed E-state index contributed by atoms with van der Waals surface area (Å²) in [6.45, 7) is 2.07. The molecule has 0 saturated carbocycles. The highest BCUT2D eigenvalue weighted by Gasteiger charge is 2.13. The molecule has 0 aliphatic heterocycles. The fourth-order valence-corrected chi connectivity index (χ4v) is 2.76. The van der Waals surface area contributed by atoms with Crippen molar-refractivity contribution in [3.05, 3.63) is 80.9 Å². The third kappa shape index (κ3) is 2.36. The van der Waals surface area contributed by atoms with E-state index in [9.17, 15) is 4.79 Å². The van der Waals surface area contributed by atoms with Gasteiger partial charge in [-0.2, -0.15) is 0 Å². The van der Waals surface area contributed by atoms with Crippen LogP contribution >= 0.6 is 22.6 Å². The molecule has 98 valence electrons. The Bertz CT molecular complexity index is 788. The average molecular weight is 372 g/mol. The van der Waals surface area contributed by atoms with Crippen molar-refractivity contribution >= 4 is 39.1 Å². The van der Waals surface area contributed by atoms with Gasteiger partial charge in [-0.05, 0) is 70.1 Å². The molecule has 0 spiro atoms. The first kappa shape index (κ1) is 13.3. The predicted molar refractivity (Wildman–Crippen MR) is 91.3 cm³/mol. The van der Waals surface area contributed by atoms with Gasteiger partial charge in [0.05, 0.1) is 0 Å². The maximum absolute atomic E-state index is 12.7. The van der Waals surface area contributed by atoms with Gasteiger partial charge in [-0.1, -0.05) is 36.4 Å².